The number of nitrogens with zero attached hydrogens (tertiary/aromatic N) is 2. The summed E-state index contributed by atoms with van der Waals surface area (Å²) in [5, 5.41) is 6.99. The number of carbonyl (C=O) groups is 1. The first-order valence-electron chi connectivity index (χ1n) is 8.64. The lowest BCUT2D eigenvalue weighted by molar-refractivity contribution is -0.137. The zero-order chi connectivity index (χ0) is 21.2. The predicted octanol–water partition coefficient (Wildman–Crippen LogP) is 4.23. The summed E-state index contributed by atoms with van der Waals surface area (Å²) in [4.78, 5) is 14.0. The summed E-state index contributed by atoms with van der Waals surface area (Å²) in [6, 6.07) is 8.04. The maximum atomic E-state index is 12.7. The molecule has 0 aliphatic rings. The van der Waals surface area contributed by atoms with Crippen LogP contribution in [0.4, 0.5) is 13.2 Å². The van der Waals surface area contributed by atoms with Gasteiger partial charge in [-0.2, -0.15) is 18.3 Å². The molecule has 0 aliphatic heterocycles. The van der Waals surface area contributed by atoms with Crippen molar-refractivity contribution in [2.24, 2.45) is 12.8 Å². The summed E-state index contributed by atoms with van der Waals surface area (Å²) in [5.74, 6) is -0.286. The molecule has 0 saturated heterocycles. The molecule has 2 aromatic heterocycles. The third kappa shape index (κ3) is 5.06. The number of amides is 1. The largest absolute Gasteiger partial charge is 0.416 e. The van der Waals surface area contributed by atoms with Gasteiger partial charge < -0.3 is 11.1 Å². The van der Waals surface area contributed by atoms with Crippen molar-refractivity contribution in [2.45, 2.75) is 18.6 Å². The number of halogens is 4. The van der Waals surface area contributed by atoms with Crippen molar-refractivity contribution in [1.82, 2.24) is 15.1 Å². The van der Waals surface area contributed by atoms with Crippen molar-refractivity contribution in [3.05, 3.63) is 63.1 Å². The van der Waals surface area contributed by atoms with Crippen LogP contribution in [0, 0.1) is 0 Å². The summed E-state index contributed by atoms with van der Waals surface area (Å²) in [6.45, 7) is 0.161. The minimum Gasteiger partial charge on any atom is -0.347 e. The zero-order valence-electron chi connectivity index (χ0n) is 15.3. The first kappa shape index (κ1) is 21.5. The monoisotopic (exact) mass is 486 g/mol. The minimum atomic E-state index is -4.38. The molecule has 29 heavy (non-hydrogen) atoms. The van der Waals surface area contributed by atoms with Crippen LogP contribution < -0.4 is 11.1 Å². The molecule has 1 atom stereocenters. The Morgan fingerprint density at radius 2 is 2.00 bits per heavy atom. The Bertz CT molecular complexity index is 998. The fourth-order valence-electron chi connectivity index (χ4n) is 2.82. The maximum absolute atomic E-state index is 12.7. The van der Waals surface area contributed by atoms with Gasteiger partial charge in [0.25, 0.3) is 5.91 Å². The second-order valence-corrected chi connectivity index (χ2v) is 8.34. The number of aryl methyl sites for hydroxylation is 1. The molecule has 10 heteroatoms. The van der Waals surface area contributed by atoms with Crippen LogP contribution in [0.15, 0.2) is 47.1 Å². The van der Waals surface area contributed by atoms with Crippen molar-refractivity contribution in [3.8, 4) is 10.6 Å². The van der Waals surface area contributed by atoms with Gasteiger partial charge in [0.2, 0.25) is 0 Å². The van der Waals surface area contributed by atoms with E-state index in [0.29, 0.717) is 16.9 Å². The Balaban J connectivity index is 1.70. The van der Waals surface area contributed by atoms with Crippen LogP contribution in [0.3, 0.4) is 0 Å². The molecule has 3 aromatic rings. The van der Waals surface area contributed by atoms with Crippen molar-refractivity contribution < 1.29 is 18.0 Å². The lowest BCUT2D eigenvalue weighted by Crippen LogP contribution is -2.41. The van der Waals surface area contributed by atoms with Gasteiger partial charge in [0.1, 0.15) is 0 Å². The van der Waals surface area contributed by atoms with Crippen LogP contribution in [-0.4, -0.2) is 28.3 Å². The van der Waals surface area contributed by atoms with Gasteiger partial charge in [-0.15, -0.1) is 11.3 Å². The van der Waals surface area contributed by atoms with Gasteiger partial charge in [0, 0.05) is 30.3 Å². The molecule has 1 amide bonds. The summed E-state index contributed by atoms with van der Waals surface area (Å²) < 4.78 is 40.5. The van der Waals surface area contributed by atoms with Gasteiger partial charge in [-0.25, -0.2) is 0 Å². The summed E-state index contributed by atoms with van der Waals surface area (Å²) in [5.41, 5.74) is 6.60. The van der Waals surface area contributed by atoms with Gasteiger partial charge in [0.15, 0.2) is 0 Å². The van der Waals surface area contributed by atoms with E-state index in [2.05, 4.69) is 26.3 Å². The molecule has 0 unspecified atom stereocenters. The third-order valence-electron chi connectivity index (χ3n) is 4.35. The Kier molecular flexibility index (Phi) is 6.45. The minimum absolute atomic E-state index is 0.161. The molecule has 3 N–H and O–H groups in total. The van der Waals surface area contributed by atoms with Crippen molar-refractivity contribution in [2.75, 3.05) is 6.54 Å². The molecule has 1 aromatic carbocycles. The fraction of sp³-hybridized carbons (Fsp3) is 0.263. The second-order valence-electron chi connectivity index (χ2n) is 6.43. The van der Waals surface area contributed by atoms with E-state index in [0.717, 1.165) is 27.2 Å². The highest BCUT2D eigenvalue weighted by Gasteiger charge is 2.30. The van der Waals surface area contributed by atoms with E-state index in [1.165, 1.54) is 23.5 Å². The Hall–Kier alpha value is -2.17. The smallest absolute Gasteiger partial charge is 0.347 e. The average Bonchev–Trinajstić information content (AvgIpc) is 3.26. The molecule has 5 nitrogen and oxygen atoms in total. The standard InChI is InChI=1S/C19H18BrF3N4OS/c1-27-15(6-7-25-27)17-14(20)9-16(29-17)18(28)26-13(10-24)8-11-2-4-12(5-3-11)19(21,22)23/h2-7,9,13H,8,10,24H2,1H3,(H,26,28)/t13-/m0/s1. The molecule has 0 bridgehead atoms. The summed E-state index contributed by atoms with van der Waals surface area (Å²) in [7, 11) is 1.82. The van der Waals surface area contributed by atoms with Crippen LogP contribution in [-0.2, 0) is 19.6 Å². The van der Waals surface area contributed by atoms with Crippen LogP contribution in [0.5, 0.6) is 0 Å². The molecule has 0 radical (unpaired) electrons. The highest BCUT2D eigenvalue weighted by molar-refractivity contribution is 9.10. The maximum Gasteiger partial charge on any atom is 0.416 e. The Morgan fingerprint density at radius 1 is 1.31 bits per heavy atom. The summed E-state index contributed by atoms with van der Waals surface area (Å²) in [6.07, 6.45) is -2.37. The molecular formula is C19H18BrF3N4OS. The summed E-state index contributed by atoms with van der Waals surface area (Å²) >= 11 is 4.79. The van der Waals surface area contributed by atoms with E-state index in [1.54, 1.807) is 16.9 Å². The first-order chi connectivity index (χ1) is 13.7. The molecular weight excluding hydrogens is 469 g/mol. The predicted molar refractivity (Wildman–Crippen MR) is 110 cm³/mol. The zero-order valence-corrected chi connectivity index (χ0v) is 17.7. The number of hydrogen-bond acceptors (Lipinski definition) is 4. The number of thiophene rings is 1. The quantitative estimate of drug-likeness (QED) is 0.547. The van der Waals surface area contributed by atoms with E-state index in [-0.39, 0.29) is 12.5 Å². The van der Waals surface area contributed by atoms with E-state index < -0.39 is 17.8 Å². The number of benzene rings is 1. The van der Waals surface area contributed by atoms with Gasteiger partial charge in [-0.05, 0) is 52.2 Å². The highest BCUT2D eigenvalue weighted by atomic mass is 79.9. The van der Waals surface area contributed by atoms with Crippen LogP contribution >= 0.6 is 27.3 Å². The SMILES string of the molecule is Cn1nccc1-c1sc(C(=O)N[C@H](CN)Cc2ccc(C(F)(F)F)cc2)cc1Br. The van der Waals surface area contributed by atoms with Gasteiger partial charge >= 0.3 is 6.18 Å². The fourth-order valence-corrected chi connectivity index (χ4v) is 4.65. The van der Waals surface area contributed by atoms with Gasteiger partial charge in [0.05, 0.1) is 21.0 Å². The van der Waals surface area contributed by atoms with Crippen LogP contribution in [0.2, 0.25) is 0 Å². The van der Waals surface area contributed by atoms with Crippen molar-refractivity contribution in [3.63, 3.8) is 0 Å². The van der Waals surface area contributed by atoms with E-state index in [1.807, 2.05) is 13.1 Å². The number of alkyl halides is 3. The molecule has 154 valence electrons. The normalized spacial score (nSPS) is 12.8. The van der Waals surface area contributed by atoms with Crippen LogP contribution in [0.25, 0.3) is 10.6 Å². The number of aromatic nitrogens is 2. The van der Waals surface area contributed by atoms with Crippen molar-refractivity contribution in [1.29, 1.82) is 0 Å². The third-order valence-corrected chi connectivity index (χ3v) is 6.39. The second kappa shape index (κ2) is 8.68. The first-order valence-corrected chi connectivity index (χ1v) is 10.2. The molecule has 0 saturated carbocycles. The van der Waals surface area contributed by atoms with Crippen LogP contribution in [0.1, 0.15) is 20.8 Å². The van der Waals surface area contributed by atoms with Gasteiger partial charge in [-0.1, -0.05) is 12.1 Å². The number of rotatable bonds is 6. The van der Waals surface area contributed by atoms with Gasteiger partial charge in [-0.3, -0.25) is 9.48 Å². The Labute approximate surface area is 177 Å². The number of nitrogens with two attached hydrogens (primary N) is 1. The topological polar surface area (TPSA) is 72.9 Å². The van der Waals surface area contributed by atoms with E-state index in [4.69, 9.17) is 5.73 Å². The Morgan fingerprint density at radius 3 is 2.55 bits per heavy atom. The number of hydrogen-bond donors (Lipinski definition) is 2. The molecule has 0 fully saturated rings. The molecule has 0 aliphatic carbocycles. The van der Waals surface area contributed by atoms with E-state index in [9.17, 15) is 18.0 Å². The number of carbonyl (C=O) groups excluding carboxylic acids is 1. The lowest BCUT2D eigenvalue weighted by Gasteiger charge is -2.17. The highest BCUT2D eigenvalue weighted by Crippen LogP contribution is 2.36. The average molecular weight is 487 g/mol. The molecule has 3 rings (SSSR count). The van der Waals surface area contributed by atoms with Crippen molar-refractivity contribution >= 4 is 33.2 Å². The number of nitrogens with one attached hydrogen (secondary N) is 1. The van der Waals surface area contributed by atoms with E-state index >= 15 is 0 Å². The lowest BCUT2D eigenvalue weighted by atomic mass is 10.0. The molecule has 2 heterocycles. The molecule has 0 spiro atoms.